The molecule has 1 spiro atoms. The Morgan fingerprint density at radius 3 is 1.89 bits per heavy atom. The smallest absolute Gasteiger partial charge is 0.194 e. The van der Waals surface area contributed by atoms with Gasteiger partial charge in [0.25, 0.3) is 0 Å². The lowest BCUT2D eigenvalue weighted by Gasteiger charge is -2.45. The zero-order chi connectivity index (χ0) is 34.7. The fourth-order valence-electron chi connectivity index (χ4n) is 10.4. The summed E-state index contributed by atoms with van der Waals surface area (Å²) in [6.45, 7) is 0. The van der Waals surface area contributed by atoms with E-state index in [2.05, 4.69) is 181 Å². The van der Waals surface area contributed by atoms with Crippen LogP contribution < -0.4 is 5.32 Å². The van der Waals surface area contributed by atoms with Gasteiger partial charge >= 0.3 is 0 Å². The number of nitrogens with two attached hydrogens (primary N) is 1. The van der Waals surface area contributed by atoms with Crippen molar-refractivity contribution >= 4 is 50.3 Å². The highest BCUT2D eigenvalue weighted by Crippen LogP contribution is 2.75. The van der Waals surface area contributed by atoms with Crippen LogP contribution in [0.3, 0.4) is 0 Å². The monoisotopic (exact) mass is 695 g/mol. The average Bonchev–Trinajstić information content (AvgIpc) is 3.92. The Morgan fingerprint density at radius 2 is 1.19 bits per heavy atom. The van der Waals surface area contributed by atoms with Crippen LogP contribution in [0.1, 0.15) is 39.8 Å². The molecular formula is C50H35N2S+. The lowest BCUT2D eigenvalue weighted by atomic mass is 9.60. The van der Waals surface area contributed by atoms with Crippen LogP contribution in [0.25, 0.3) is 32.8 Å². The van der Waals surface area contributed by atoms with E-state index in [0.29, 0.717) is 5.92 Å². The van der Waals surface area contributed by atoms with Gasteiger partial charge in [0.1, 0.15) is 5.70 Å². The number of fused-ring (bicyclic) bond motifs is 14. The van der Waals surface area contributed by atoms with E-state index in [-0.39, 0.29) is 11.6 Å². The predicted octanol–water partition coefficient (Wildman–Crippen LogP) is 10.6. The molecule has 12 rings (SSSR count). The molecule has 1 fully saturated rings. The number of aliphatic imine (C=N–C) groups is 1. The average molecular weight is 696 g/mol. The van der Waals surface area contributed by atoms with Gasteiger partial charge in [0.15, 0.2) is 6.17 Å². The summed E-state index contributed by atoms with van der Waals surface area (Å²) in [4.78, 5) is 8.55. The van der Waals surface area contributed by atoms with E-state index in [1.54, 1.807) is 5.57 Å². The lowest BCUT2D eigenvalue weighted by Crippen LogP contribution is -2.90. The van der Waals surface area contributed by atoms with Gasteiger partial charge in [-0.1, -0.05) is 170 Å². The molecule has 7 aromatic carbocycles. The zero-order valence-electron chi connectivity index (χ0n) is 29.0. The van der Waals surface area contributed by atoms with Crippen molar-refractivity contribution in [1.82, 2.24) is 0 Å². The third-order valence-electron chi connectivity index (χ3n) is 12.7. The van der Waals surface area contributed by atoms with Crippen molar-refractivity contribution in [2.24, 2.45) is 16.3 Å². The van der Waals surface area contributed by atoms with E-state index in [0.717, 1.165) is 12.1 Å². The van der Waals surface area contributed by atoms with E-state index in [9.17, 15) is 0 Å². The maximum absolute atomic E-state index is 5.79. The first-order chi connectivity index (χ1) is 26.2. The first-order valence-corrected chi connectivity index (χ1v) is 19.6. The van der Waals surface area contributed by atoms with Crippen molar-refractivity contribution in [3.05, 3.63) is 215 Å². The van der Waals surface area contributed by atoms with Crippen LogP contribution in [0, 0.1) is 11.3 Å². The van der Waals surface area contributed by atoms with E-state index < -0.39 is 5.41 Å². The fraction of sp³-hybridized carbons (Fsp3) is 0.100. The molecule has 3 unspecified atom stereocenters. The topological polar surface area (TPSA) is 29.0 Å². The quantitative estimate of drug-likeness (QED) is 0.196. The van der Waals surface area contributed by atoms with Gasteiger partial charge in [-0.3, -0.25) is 5.32 Å². The third-order valence-corrected chi connectivity index (χ3v) is 14.0. The van der Waals surface area contributed by atoms with Gasteiger partial charge in [-0.2, -0.15) is 0 Å². The summed E-state index contributed by atoms with van der Waals surface area (Å²) in [5, 5.41) is 7.74. The van der Waals surface area contributed by atoms with Gasteiger partial charge in [-0.25, -0.2) is 4.99 Å². The van der Waals surface area contributed by atoms with Crippen molar-refractivity contribution < 1.29 is 5.32 Å². The van der Waals surface area contributed by atoms with Crippen LogP contribution in [0.4, 0.5) is 0 Å². The van der Waals surface area contributed by atoms with Crippen LogP contribution in [0.5, 0.6) is 0 Å². The second-order valence-corrected chi connectivity index (χ2v) is 16.2. The van der Waals surface area contributed by atoms with Crippen molar-refractivity contribution in [2.45, 2.75) is 27.8 Å². The standard InChI is InChI=1S/C50H34N2S/c1-3-15-33(16-4-1)43-29-44(34-17-5-2-6-18-34)52-48(51-43)49-30-35(49)25-26-39-38-21-11-12-22-40(38)50(47(39)49)41-27-23-31-13-7-9-19-36(31)45(41)53-46-37-20-10-8-14-32(37)24-28-42(46)50/h1-29,35,48,51H,30H2/p+1. The second kappa shape index (κ2) is 10.9. The number of quaternary nitrogens is 1. The van der Waals surface area contributed by atoms with Crippen LogP contribution >= 0.6 is 11.8 Å². The number of benzene rings is 7. The molecule has 250 valence electrons. The van der Waals surface area contributed by atoms with E-state index in [1.165, 1.54) is 76.0 Å². The van der Waals surface area contributed by atoms with Crippen LogP contribution in [0.15, 0.2) is 196 Å². The summed E-state index contributed by atoms with van der Waals surface area (Å²) in [7, 11) is 0. The summed E-state index contributed by atoms with van der Waals surface area (Å²) >= 11 is 1.98. The van der Waals surface area contributed by atoms with E-state index in [1.807, 2.05) is 11.8 Å². The molecule has 7 aromatic rings. The molecule has 0 bridgehead atoms. The molecule has 53 heavy (non-hydrogen) atoms. The minimum absolute atomic E-state index is 0.0357. The largest absolute Gasteiger partial charge is 0.292 e. The Hall–Kier alpha value is -5.74. The molecule has 0 amide bonds. The summed E-state index contributed by atoms with van der Waals surface area (Å²) in [5.74, 6) is 0.395. The Morgan fingerprint density at radius 1 is 0.585 bits per heavy atom. The number of hydrogen-bond acceptors (Lipinski definition) is 2. The SMILES string of the molecule is C1=CC2CC2(C2N=C(c3ccccc3)C=C(c3ccccc3)[NH2+]2)C2=C1c1ccccc1C21c2ccc3ccccc3c2Sc2c1ccc1ccccc21. The van der Waals surface area contributed by atoms with E-state index in [4.69, 9.17) is 4.99 Å². The number of hydrogen-bond donors (Lipinski definition) is 1. The van der Waals surface area contributed by atoms with Crippen LogP contribution in [-0.2, 0) is 5.41 Å². The summed E-state index contributed by atoms with van der Waals surface area (Å²) in [5.41, 5.74) is 12.6. The Kier molecular flexibility index (Phi) is 6.13. The molecule has 2 nitrogen and oxygen atoms in total. The van der Waals surface area contributed by atoms with Gasteiger partial charge in [0.2, 0.25) is 0 Å². The van der Waals surface area contributed by atoms with Crippen LogP contribution in [0.2, 0.25) is 0 Å². The second-order valence-electron chi connectivity index (χ2n) is 15.2. The Labute approximate surface area is 313 Å². The number of nitrogens with zero attached hydrogens (tertiary/aromatic N) is 1. The maximum atomic E-state index is 5.79. The molecule has 2 heterocycles. The third kappa shape index (κ3) is 3.96. The van der Waals surface area contributed by atoms with Crippen molar-refractivity contribution in [1.29, 1.82) is 0 Å². The Bertz CT molecular complexity index is 2740. The molecule has 3 aliphatic carbocycles. The van der Waals surface area contributed by atoms with Gasteiger partial charge in [0.05, 0.1) is 16.5 Å². The van der Waals surface area contributed by atoms with Crippen LogP contribution in [-0.4, -0.2) is 11.9 Å². The summed E-state index contributed by atoms with van der Waals surface area (Å²) in [6, 6.07) is 58.6. The lowest BCUT2D eigenvalue weighted by molar-refractivity contribution is -0.612. The summed E-state index contributed by atoms with van der Waals surface area (Å²) in [6.07, 6.45) is 8.34. The minimum Gasteiger partial charge on any atom is -0.292 e. The highest BCUT2D eigenvalue weighted by molar-refractivity contribution is 8.00. The number of allylic oxidation sites excluding steroid dienone is 4. The van der Waals surface area contributed by atoms with Gasteiger partial charge in [0, 0.05) is 27.0 Å². The van der Waals surface area contributed by atoms with Gasteiger partial charge < -0.3 is 0 Å². The maximum Gasteiger partial charge on any atom is 0.194 e. The molecule has 2 N–H and O–H groups in total. The molecule has 0 radical (unpaired) electrons. The normalized spacial score (nSPS) is 22.8. The first-order valence-electron chi connectivity index (χ1n) is 18.8. The van der Waals surface area contributed by atoms with Gasteiger partial charge in [-0.05, 0) is 79.4 Å². The molecular weight excluding hydrogens is 661 g/mol. The first kappa shape index (κ1) is 29.8. The van der Waals surface area contributed by atoms with E-state index >= 15 is 0 Å². The zero-order valence-corrected chi connectivity index (χ0v) is 29.9. The van der Waals surface area contributed by atoms with Crippen molar-refractivity contribution in [3.63, 3.8) is 0 Å². The van der Waals surface area contributed by atoms with Gasteiger partial charge in [-0.15, -0.1) is 0 Å². The molecule has 1 saturated carbocycles. The molecule has 3 heteroatoms. The predicted molar refractivity (Wildman–Crippen MR) is 218 cm³/mol. The molecule has 0 aromatic heterocycles. The highest BCUT2D eigenvalue weighted by Gasteiger charge is 2.71. The minimum atomic E-state index is -0.472. The highest BCUT2D eigenvalue weighted by atomic mass is 32.2. The fourth-order valence-corrected chi connectivity index (χ4v) is 11.8. The molecule has 2 aliphatic heterocycles. The molecule has 5 aliphatic rings. The van der Waals surface area contributed by atoms with Crippen molar-refractivity contribution in [2.75, 3.05) is 0 Å². The van der Waals surface area contributed by atoms with Crippen molar-refractivity contribution in [3.8, 4) is 0 Å². The molecule has 0 saturated heterocycles. The Balaban J connectivity index is 1.18. The molecule has 3 atom stereocenters. The summed E-state index contributed by atoms with van der Waals surface area (Å²) < 4.78 is 0. The number of rotatable bonds is 3.